The zero-order chi connectivity index (χ0) is 15.9. The van der Waals surface area contributed by atoms with Gasteiger partial charge < -0.3 is 10.3 Å². The van der Waals surface area contributed by atoms with Gasteiger partial charge in [-0.25, -0.2) is 9.78 Å². The molecule has 7 heteroatoms. The summed E-state index contributed by atoms with van der Waals surface area (Å²) < 4.78 is 4.59. The lowest BCUT2D eigenvalue weighted by molar-refractivity contribution is 0.434. The Kier molecular flexibility index (Phi) is 3.79. The highest BCUT2D eigenvalue weighted by atomic mass is 16.2. The second-order valence-corrected chi connectivity index (χ2v) is 5.98. The van der Waals surface area contributed by atoms with E-state index in [4.69, 9.17) is 5.73 Å². The summed E-state index contributed by atoms with van der Waals surface area (Å²) in [5.41, 5.74) is 5.89. The van der Waals surface area contributed by atoms with Crippen LogP contribution in [-0.2, 0) is 19.6 Å². The van der Waals surface area contributed by atoms with Crippen molar-refractivity contribution in [3.05, 3.63) is 26.7 Å². The van der Waals surface area contributed by atoms with Crippen LogP contribution in [-0.4, -0.2) is 24.2 Å². The molecule has 2 N–H and O–H groups in total. The molecule has 0 radical (unpaired) electrons. The molecule has 21 heavy (non-hydrogen) atoms. The fraction of sp³-hybridized carbons (Fsp3) is 0.643. The quantitative estimate of drug-likeness (QED) is 0.886. The normalized spacial score (nSPS) is 12.3. The summed E-state index contributed by atoms with van der Waals surface area (Å²) in [6, 6.07) is 0. The molecule has 0 unspecified atom stereocenters. The van der Waals surface area contributed by atoms with Gasteiger partial charge in [0.25, 0.3) is 5.56 Å². The largest absolute Gasteiger partial charge is 0.332 e. The average molecular weight is 293 g/mol. The molecule has 0 amide bonds. The van der Waals surface area contributed by atoms with Crippen molar-refractivity contribution < 1.29 is 0 Å². The number of nitrogens with two attached hydrogens (primary N) is 1. The van der Waals surface area contributed by atoms with E-state index in [0.717, 1.165) is 0 Å². The van der Waals surface area contributed by atoms with Gasteiger partial charge in [-0.2, -0.15) is 0 Å². The minimum atomic E-state index is -0.477. The summed E-state index contributed by atoms with van der Waals surface area (Å²) in [4.78, 5) is 29.4. The van der Waals surface area contributed by atoms with E-state index in [9.17, 15) is 9.59 Å². The minimum absolute atomic E-state index is 0.299. The summed E-state index contributed by atoms with van der Waals surface area (Å²) in [6.45, 7) is 10.5. The highest BCUT2D eigenvalue weighted by Gasteiger charge is 2.22. The van der Waals surface area contributed by atoms with Crippen LogP contribution < -0.4 is 17.0 Å². The lowest BCUT2D eigenvalue weighted by atomic mass is 10.1. The third-order valence-electron chi connectivity index (χ3n) is 3.50. The van der Waals surface area contributed by atoms with Crippen LogP contribution in [0.2, 0.25) is 0 Å². The SMILES string of the molecule is CCn1c(=O)c2c(nc(C)n2CC(C)(C)N)n(CC)c1=O. The van der Waals surface area contributed by atoms with Crippen molar-refractivity contribution in [2.75, 3.05) is 0 Å². The summed E-state index contributed by atoms with van der Waals surface area (Å²) in [7, 11) is 0. The molecule has 2 heterocycles. The van der Waals surface area contributed by atoms with Crippen LogP contribution in [0.15, 0.2) is 9.59 Å². The fourth-order valence-corrected chi connectivity index (χ4v) is 2.56. The Morgan fingerprint density at radius 3 is 2.14 bits per heavy atom. The number of hydrogen-bond donors (Lipinski definition) is 1. The standard InChI is InChI=1S/C14H23N5O2/c1-6-17-11-10(12(20)18(7-2)13(17)21)19(9(3)16-11)8-14(4,5)15/h6-8,15H2,1-5H3. The smallest absolute Gasteiger partial charge is 0.324 e. The van der Waals surface area contributed by atoms with E-state index in [-0.39, 0.29) is 11.2 Å². The van der Waals surface area contributed by atoms with Gasteiger partial charge in [-0.3, -0.25) is 13.9 Å². The molecule has 0 aliphatic carbocycles. The Hall–Kier alpha value is -1.89. The van der Waals surface area contributed by atoms with Gasteiger partial charge in [0, 0.05) is 25.2 Å². The zero-order valence-corrected chi connectivity index (χ0v) is 13.3. The zero-order valence-electron chi connectivity index (χ0n) is 13.3. The topological polar surface area (TPSA) is 87.8 Å². The van der Waals surface area contributed by atoms with E-state index in [0.29, 0.717) is 36.6 Å². The maximum absolute atomic E-state index is 12.6. The van der Waals surface area contributed by atoms with Gasteiger partial charge in [0.05, 0.1) is 0 Å². The van der Waals surface area contributed by atoms with Gasteiger partial charge in [0.2, 0.25) is 0 Å². The summed E-state index contributed by atoms with van der Waals surface area (Å²) in [5.74, 6) is 0.691. The summed E-state index contributed by atoms with van der Waals surface area (Å²) in [6.07, 6.45) is 0. The number of nitrogens with zero attached hydrogens (tertiary/aromatic N) is 4. The maximum Gasteiger partial charge on any atom is 0.332 e. The van der Waals surface area contributed by atoms with Crippen LogP contribution in [0.4, 0.5) is 0 Å². The van der Waals surface area contributed by atoms with Crippen LogP contribution >= 0.6 is 0 Å². The third kappa shape index (κ3) is 2.53. The predicted octanol–water partition coefficient (Wildman–Crippen LogP) is 0.445. The van der Waals surface area contributed by atoms with Crippen molar-refractivity contribution in [2.45, 2.75) is 59.8 Å². The third-order valence-corrected chi connectivity index (χ3v) is 3.50. The molecule has 0 spiro atoms. The molecule has 0 aromatic carbocycles. The van der Waals surface area contributed by atoms with E-state index in [1.165, 1.54) is 9.13 Å². The molecular weight excluding hydrogens is 270 g/mol. The average Bonchev–Trinajstić information content (AvgIpc) is 2.66. The molecule has 2 rings (SSSR count). The number of imidazole rings is 1. The van der Waals surface area contributed by atoms with E-state index in [2.05, 4.69) is 4.98 Å². The van der Waals surface area contributed by atoms with E-state index >= 15 is 0 Å². The Labute approximate surface area is 123 Å². The first-order chi connectivity index (χ1) is 9.71. The van der Waals surface area contributed by atoms with Crippen LogP contribution in [0.5, 0.6) is 0 Å². The van der Waals surface area contributed by atoms with Crippen molar-refractivity contribution in [1.82, 2.24) is 18.7 Å². The van der Waals surface area contributed by atoms with Crippen LogP contribution in [0.1, 0.15) is 33.5 Å². The Morgan fingerprint density at radius 1 is 1.10 bits per heavy atom. The van der Waals surface area contributed by atoms with E-state index in [1.54, 1.807) is 6.92 Å². The lowest BCUT2D eigenvalue weighted by Crippen LogP contribution is -2.41. The van der Waals surface area contributed by atoms with Crippen LogP contribution in [0.3, 0.4) is 0 Å². The molecule has 0 aliphatic heterocycles. The van der Waals surface area contributed by atoms with Gasteiger partial charge in [-0.1, -0.05) is 0 Å². The van der Waals surface area contributed by atoms with Crippen molar-refractivity contribution >= 4 is 11.2 Å². The molecule has 2 aromatic rings. The highest BCUT2D eigenvalue weighted by molar-refractivity contribution is 5.71. The van der Waals surface area contributed by atoms with Crippen molar-refractivity contribution in [3.63, 3.8) is 0 Å². The first kappa shape index (κ1) is 15.5. The van der Waals surface area contributed by atoms with Crippen molar-refractivity contribution in [2.24, 2.45) is 5.73 Å². The Morgan fingerprint density at radius 2 is 1.67 bits per heavy atom. The van der Waals surface area contributed by atoms with Gasteiger partial charge in [0.15, 0.2) is 11.2 Å². The first-order valence-corrected chi connectivity index (χ1v) is 7.20. The maximum atomic E-state index is 12.6. The van der Waals surface area contributed by atoms with Crippen LogP contribution in [0.25, 0.3) is 11.2 Å². The molecule has 7 nitrogen and oxygen atoms in total. The van der Waals surface area contributed by atoms with Gasteiger partial charge in [-0.05, 0) is 34.6 Å². The molecule has 0 aliphatic rings. The van der Waals surface area contributed by atoms with Gasteiger partial charge >= 0.3 is 5.69 Å². The molecule has 2 aromatic heterocycles. The second-order valence-electron chi connectivity index (χ2n) is 5.98. The molecule has 0 saturated carbocycles. The number of rotatable bonds is 4. The number of aryl methyl sites for hydroxylation is 2. The molecule has 116 valence electrons. The Bertz CT molecular complexity index is 789. The number of hydrogen-bond acceptors (Lipinski definition) is 4. The molecule has 0 saturated heterocycles. The second kappa shape index (κ2) is 5.14. The number of fused-ring (bicyclic) bond motifs is 1. The monoisotopic (exact) mass is 293 g/mol. The van der Waals surface area contributed by atoms with Gasteiger partial charge in [-0.15, -0.1) is 0 Å². The van der Waals surface area contributed by atoms with E-state index < -0.39 is 5.54 Å². The highest BCUT2D eigenvalue weighted by Crippen LogP contribution is 2.14. The Balaban J connectivity index is 2.94. The predicted molar refractivity (Wildman–Crippen MR) is 82.6 cm³/mol. The van der Waals surface area contributed by atoms with Crippen molar-refractivity contribution in [1.29, 1.82) is 0 Å². The van der Waals surface area contributed by atoms with E-state index in [1.807, 2.05) is 32.3 Å². The van der Waals surface area contributed by atoms with Crippen LogP contribution in [0, 0.1) is 6.92 Å². The summed E-state index contributed by atoms with van der Waals surface area (Å²) in [5, 5.41) is 0. The van der Waals surface area contributed by atoms with Crippen molar-refractivity contribution in [3.8, 4) is 0 Å². The fourth-order valence-electron chi connectivity index (χ4n) is 2.56. The molecular formula is C14H23N5O2. The molecule has 0 fully saturated rings. The summed E-state index contributed by atoms with van der Waals surface area (Å²) >= 11 is 0. The minimum Gasteiger partial charge on any atom is -0.324 e. The van der Waals surface area contributed by atoms with Gasteiger partial charge in [0.1, 0.15) is 5.82 Å². The molecule has 0 atom stereocenters. The lowest BCUT2D eigenvalue weighted by Gasteiger charge is -2.20. The number of aromatic nitrogens is 4. The molecule has 0 bridgehead atoms. The first-order valence-electron chi connectivity index (χ1n) is 7.20.